The lowest BCUT2D eigenvalue weighted by Gasteiger charge is -2.07. The highest BCUT2D eigenvalue weighted by Gasteiger charge is 2.11. The van der Waals surface area contributed by atoms with Crippen LogP contribution in [0.2, 0.25) is 0 Å². The Balaban J connectivity index is 1.44. The average Bonchev–Trinajstić information content (AvgIpc) is 3.26. The maximum Gasteiger partial charge on any atom is 0.343 e. The molecule has 1 amide bonds. The highest BCUT2D eigenvalue weighted by atomic mass is 32.1. The van der Waals surface area contributed by atoms with Gasteiger partial charge in [0.15, 0.2) is 0 Å². The number of benzene rings is 2. The second-order valence-corrected chi connectivity index (χ2v) is 6.67. The maximum atomic E-state index is 12.1. The molecule has 1 aromatic heterocycles. The van der Waals surface area contributed by atoms with Gasteiger partial charge in [-0.25, -0.2) is 4.79 Å². The molecule has 1 N–H and O–H groups in total. The van der Waals surface area contributed by atoms with Gasteiger partial charge >= 0.3 is 11.9 Å². The van der Waals surface area contributed by atoms with E-state index in [1.807, 2.05) is 6.07 Å². The lowest BCUT2D eigenvalue weighted by atomic mass is 10.1. The fourth-order valence-corrected chi connectivity index (χ4v) is 2.89. The summed E-state index contributed by atoms with van der Waals surface area (Å²) >= 11 is 1.29. The van der Waals surface area contributed by atoms with E-state index in [0.717, 1.165) is 0 Å². The van der Waals surface area contributed by atoms with Gasteiger partial charge in [-0.15, -0.1) is 11.3 Å². The number of amides is 1. The molecule has 0 saturated carbocycles. The Kier molecular flexibility index (Phi) is 6.54. The van der Waals surface area contributed by atoms with Crippen molar-refractivity contribution in [2.24, 2.45) is 0 Å². The normalized spacial score (nSPS) is 10.1. The number of ether oxygens (including phenoxy) is 2. The van der Waals surface area contributed by atoms with Gasteiger partial charge in [-0.3, -0.25) is 9.59 Å². The molecule has 2 aromatic carbocycles. The van der Waals surface area contributed by atoms with Crippen LogP contribution in [0.25, 0.3) is 0 Å². The van der Waals surface area contributed by atoms with E-state index in [-0.39, 0.29) is 19.1 Å². The highest BCUT2D eigenvalue weighted by Crippen LogP contribution is 2.13. The Bertz CT molecular complexity index is 937. The molecule has 0 bridgehead atoms. The van der Waals surface area contributed by atoms with Gasteiger partial charge in [0, 0.05) is 0 Å². The van der Waals surface area contributed by atoms with Crippen molar-refractivity contribution >= 4 is 29.2 Å². The molecule has 6 nitrogen and oxygen atoms in total. The Morgan fingerprint density at radius 2 is 1.64 bits per heavy atom. The van der Waals surface area contributed by atoms with Crippen molar-refractivity contribution in [3.63, 3.8) is 0 Å². The number of rotatable bonds is 7. The Morgan fingerprint density at radius 1 is 0.893 bits per heavy atom. The molecule has 0 aliphatic carbocycles. The fraction of sp³-hybridized carbons (Fsp3) is 0.0952. The van der Waals surface area contributed by atoms with Crippen LogP contribution in [-0.4, -0.2) is 24.4 Å². The Labute approximate surface area is 165 Å². The van der Waals surface area contributed by atoms with Gasteiger partial charge in [0.25, 0.3) is 5.91 Å². The van der Waals surface area contributed by atoms with Gasteiger partial charge in [0.2, 0.25) is 0 Å². The van der Waals surface area contributed by atoms with Gasteiger partial charge < -0.3 is 14.8 Å². The van der Waals surface area contributed by atoms with Crippen LogP contribution in [0, 0.1) is 0 Å². The summed E-state index contributed by atoms with van der Waals surface area (Å²) in [7, 11) is 0. The second-order valence-electron chi connectivity index (χ2n) is 5.72. The van der Waals surface area contributed by atoms with Crippen molar-refractivity contribution < 1.29 is 23.9 Å². The summed E-state index contributed by atoms with van der Waals surface area (Å²) in [5.41, 5.74) is 1.11. The molecule has 3 aromatic rings. The minimum absolute atomic E-state index is 0.0434. The molecule has 3 rings (SSSR count). The van der Waals surface area contributed by atoms with E-state index in [9.17, 15) is 14.4 Å². The first-order chi connectivity index (χ1) is 13.6. The third-order valence-corrected chi connectivity index (χ3v) is 4.55. The van der Waals surface area contributed by atoms with Gasteiger partial charge in [0.05, 0.1) is 10.4 Å². The zero-order chi connectivity index (χ0) is 19.8. The number of esters is 2. The van der Waals surface area contributed by atoms with E-state index in [1.54, 1.807) is 66.0 Å². The van der Waals surface area contributed by atoms with E-state index in [4.69, 9.17) is 9.47 Å². The first kappa shape index (κ1) is 19.3. The summed E-state index contributed by atoms with van der Waals surface area (Å²) in [6, 6.07) is 18.8. The molecule has 0 aliphatic heterocycles. The molecular formula is C21H17NO5S. The number of hydrogen-bond donors (Lipinski definition) is 1. The zero-order valence-electron chi connectivity index (χ0n) is 14.8. The first-order valence-corrected chi connectivity index (χ1v) is 9.33. The molecule has 7 heteroatoms. The Hall–Kier alpha value is -3.45. The van der Waals surface area contributed by atoms with Crippen LogP contribution in [0.1, 0.15) is 25.6 Å². The van der Waals surface area contributed by atoms with Crippen LogP contribution in [0.4, 0.5) is 0 Å². The number of thiophene rings is 1. The van der Waals surface area contributed by atoms with Crippen molar-refractivity contribution in [2.75, 3.05) is 6.54 Å². The summed E-state index contributed by atoms with van der Waals surface area (Å²) < 4.78 is 10.4. The van der Waals surface area contributed by atoms with Crippen LogP contribution in [0.5, 0.6) is 5.75 Å². The summed E-state index contributed by atoms with van der Waals surface area (Å²) in [5, 5.41) is 4.29. The molecule has 0 saturated heterocycles. The molecule has 28 heavy (non-hydrogen) atoms. The Morgan fingerprint density at radius 3 is 2.32 bits per heavy atom. The molecule has 0 radical (unpaired) electrons. The summed E-state index contributed by atoms with van der Waals surface area (Å²) in [6.45, 7) is -0.167. The number of carbonyl (C=O) groups is 3. The molecule has 0 atom stereocenters. The van der Waals surface area contributed by atoms with Crippen molar-refractivity contribution in [3.05, 3.63) is 88.1 Å². The van der Waals surface area contributed by atoms with Crippen molar-refractivity contribution in [2.45, 2.75) is 6.61 Å². The zero-order valence-corrected chi connectivity index (χ0v) is 15.6. The number of carbonyl (C=O) groups excluding carboxylic acids is 3. The predicted molar refractivity (Wildman–Crippen MR) is 104 cm³/mol. The van der Waals surface area contributed by atoms with Gasteiger partial charge in [-0.2, -0.15) is 0 Å². The molecule has 1 heterocycles. The molecule has 0 unspecified atom stereocenters. The van der Waals surface area contributed by atoms with E-state index >= 15 is 0 Å². The van der Waals surface area contributed by atoms with Gasteiger partial charge in [-0.05, 0) is 41.3 Å². The van der Waals surface area contributed by atoms with E-state index in [0.29, 0.717) is 21.8 Å². The molecule has 142 valence electrons. The van der Waals surface area contributed by atoms with E-state index in [1.165, 1.54) is 11.3 Å². The van der Waals surface area contributed by atoms with Crippen LogP contribution in [0.3, 0.4) is 0 Å². The molecular weight excluding hydrogens is 378 g/mol. The average molecular weight is 395 g/mol. The summed E-state index contributed by atoms with van der Waals surface area (Å²) in [6.07, 6.45) is 0. The van der Waals surface area contributed by atoms with Gasteiger partial charge in [0.1, 0.15) is 18.9 Å². The van der Waals surface area contributed by atoms with Crippen molar-refractivity contribution in [1.29, 1.82) is 0 Å². The van der Waals surface area contributed by atoms with Gasteiger partial charge in [-0.1, -0.05) is 36.4 Å². The third kappa shape index (κ3) is 5.52. The number of nitrogens with one attached hydrogen (secondary N) is 1. The largest absolute Gasteiger partial charge is 0.460 e. The molecule has 0 fully saturated rings. The van der Waals surface area contributed by atoms with Crippen LogP contribution in [-0.2, 0) is 16.1 Å². The molecule has 0 spiro atoms. The lowest BCUT2D eigenvalue weighted by Crippen LogP contribution is -2.30. The minimum Gasteiger partial charge on any atom is -0.460 e. The van der Waals surface area contributed by atoms with Crippen molar-refractivity contribution in [3.8, 4) is 5.75 Å². The SMILES string of the molecule is O=C(CNC(=O)c1cccs1)OCc1ccc(C(=O)Oc2ccccc2)cc1. The van der Waals surface area contributed by atoms with E-state index in [2.05, 4.69) is 5.32 Å². The lowest BCUT2D eigenvalue weighted by molar-refractivity contribution is -0.143. The van der Waals surface area contributed by atoms with Crippen LogP contribution in [0.15, 0.2) is 72.1 Å². The fourth-order valence-electron chi connectivity index (χ4n) is 2.25. The van der Waals surface area contributed by atoms with E-state index < -0.39 is 11.9 Å². The second kappa shape index (κ2) is 9.48. The number of para-hydroxylation sites is 1. The predicted octanol–water partition coefficient (Wildman–Crippen LogP) is 3.44. The first-order valence-electron chi connectivity index (χ1n) is 8.45. The smallest absolute Gasteiger partial charge is 0.343 e. The minimum atomic E-state index is -0.544. The summed E-state index contributed by atoms with van der Waals surface area (Å²) in [5.74, 6) is -0.855. The molecule has 0 aliphatic rings. The monoisotopic (exact) mass is 395 g/mol. The number of hydrogen-bond acceptors (Lipinski definition) is 6. The standard InChI is InChI=1S/C21H17NO5S/c23-19(13-22-20(24)18-7-4-12-28-18)26-14-15-8-10-16(11-9-15)21(25)27-17-5-2-1-3-6-17/h1-12H,13-14H2,(H,22,24). The van der Waals surface area contributed by atoms with Crippen LogP contribution < -0.4 is 10.1 Å². The highest BCUT2D eigenvalue weighted by molar-refractivity contribution is 7.12. The van der Waals surface area contributed by atoms with Crippen molar-refractivity contribution in [1.82, 2.24) is 5.32 Å². The summed E-state index contributed by atoms with van der Waals surface area (Å²) in [4.78, 5) is 36.1. The topological polar surface area (TPSA) is 81.7 Å². The van der Waals surface area contributed by atoms with Crippen LogP contribution >= 0.6 is 11.3 Å². The maximum absolute atomic E-state index is 12.1. The quantitative estimate of drug-likeness (QED) is 0.490. The third-order valence-electron chi connectivity index (χ3n) is 3.68.